The number of hydrogen-bond donors (Lipinski definition) is 1. The van der Waals surface area contributed by atoms with E-state index < -0.39 is 49.1 Å². The summed E-state index contributed by atoms with van der Waals surface area (Å²) in [5.41, 5.74) is -0.712. The highest BCUT2D eigenvalue weighted by Crippen LogP contribution is 2.60. The van der Waals surface area contributed by atoms with E-state index in [9.17, 15) is 9.59 Å². The number of fused-ring (bicyclic) bond motifs is 2. The summed E-state index contributed by atoms with van der Waals surface area (Å²) in [7, 11) is 0. The SMILES string of the molecule is C[C@H]1C(OC(=O)COCC(=O)O)O[C@@H]2O[C@]3(C)CC[C@H]4[C@H](C)CCC1C24OO3. The van der Waals surface area contributed by atoms with Crippen LogP contribution in [-0.2, 0) is 38.3 Å². The van der Waals surface area contributed by atoms with Gasteiger partial charge in [0.1, 0.15) is 13.2 Å². The first-order valence-corrected chi connectivity index (χ1v) is 9.94. The van der Waals surface area contributed by atoms with Crippen molar-refractivity contribution in [2.75, 3.05) is 13.2 Å². The van der Waals surface area contributed by atoms with Crippen LogP contribution >= 0.6 is 0 Å². The molecule has 8 atom stereocenters. The molecule has 0 radical (unpaired) electrons. The lowest BCUT2D eigenvalue weighted by atomic mass is 9.58. The molecule has 5 aliphatic rings. The molecule has 1 aliphatic carbocycles. The first kappa shape index (κ1) is 20.0. The third-order valence-electron chi connectivity index (χ3n) is 6.79. The number of esters is 1. The average Bonchev–Trinajstić information content (AvgIpc) is 2.85. The van der Waals surface area contributed by atoms with Gasteiger partial charge in [-0.25, -0.2) is 19.4 Å². The first-order valence-electron chi connectivity index (χ1n) is 9.94. The maximum absolute atomic E-state index is 12.1. The number of carboxylic acid groups (broad SMARTS) is 1. The van der Waals surface area contributed by atoms with Crippen LogP contribution < -0.4 is 0 Å². The van der Waals surface area contributed by atoms with Crippen LogP contribution in [0.15, 0.2) is 0 Å². The molecule has 9 heteroatoms. The van der Waals surface area contributed by atoms with E-state index >= 15 is 0 Å². The Morgan fingerprint density at radius 1 is 1.11 bits per heavy atom. The largest absolute Gasteiger partial charge is 0.480 e. The molecule has 4 aliphatic heterocycles. The molecule has 0 aromatic heterocycles. The fourth-order valence-electron chi connectivity index (χ4n) is 5.39. The van der Waals surface area contributed by atoms with Crippen molar-refractivity contribution >= 4 is 11.9 Å². The fraction of sp³-hybridized carbons (Fsp3) is 0.895. The van der Waals surface area contributed by atoms with Crippen LogP contribution in [-0.4, -0.2) is 54.2 Å². The lowest BCUT2D eigenvalue weighted by Gasteiger charge is -2.59. The minimum Gasteiger partial charge on any atom is -0.480 e. The standard InChI is InChI=1S/C19H28O9/c1-10-4-5-13-11(2)16(24-15(22)9-23-8-14(20)21)25-17-19(13)12(10)6-7-18(3,26-17)27-28-19/h10-13,16-17H,4-9H2,1-3H3,(H,20,21)/t10-,11-,12+,13?,16?,17-,18+,19?/m1/s1. The smallest absolute Gasteiger partial charge is 0.334 e. The van der Waals surface area contributed by atoms with Crippen molar-refractivity contribution in [3.8, 4) is 0 Å². The Balaban J connectivity index is 1.53. The normalized spacial score (nSPS) is 47.1. The van der Waals surface area contributed by atoms with E-state index in [4.69, 9.17) is 33.8 Å². The summed E-state index contributed by atoms with van der Waals surface area (Å²) in [6, 6.07) is 0. The quantitative estimate of drug-likeness (QED) is 0.546. The van der Waals surface area contributed by atoms with E-state index in [0.29, 0.717) is 12.3 Å². The minimum absolute atomic E-state index is 0.0489. The summed E-state index contributed by atoms with van der Waals surface area (Å²) in [5, 5.41) is 8.61. The summed E-state index contributed by atoms with van der Waals surface area (Å²) in [5.74, 6) is -2.11. The Kier molecular flexibility index (Phi) is 5.16. The zero-order chi connectivity index (χ0) is 20.1. The van der Waals surface area contributed by atoms with E-state index in [1.165, 1.54) is 0 Å². The van der Waals surface area contributed by atoms with E-state index in [2.05, 4.69) is 6.92 Å². The fourth-order valence-corrected chi connectivity index (χ4v) is 5.39. The molecular weight excluding hydrogens is 372 g/mol. The van der Waals surface area contributed by atoms with Gasteiger partial charge in [0.05, 0.1) is 0 Å². The molecule has 5 rings (SSSR count). The highest BCUT2D eigenvalue weighted by Gasteiger charge is 2.69. The lowest BCUT2D eigenvalue weighted by Crippen LogP contribution is -2.70. The van der Waals surface area contributed by atoms with Crippen LogP contribution in [0.2, 0.25) is 0 Å². The molecule has 0 amide bonds. The monoisotopic (exact) mass is 400 g/mol. The summed E-state index contributed by atoms with van der Waals surface area (Å²) in [4.78, 5) is 34.4. The Hall–Kier alpha value is -1.26. The van der Waals surface area contributed by atoms with Crippen molar-refractivity contribution in [2.45, 2.75) is 70.4 Å². The third-order valence-corrected chi connectivity index (χ3v) is 6.79. The van der Waals surface area contributed by atoms with Crippen molar-refractivity contribution < 1.29 is 43.4 Å². The molecule has 158 valence electrons. The second kappa shape index (κ2) is 7.21. The molecule has 2 bridgehead atoms. The Labute approximate surface area is 163 Å². The molecule has 5 fully saturated rings. The number of carbonyl (C=O) groups excluding carboxylic acids is 1. The molecule has 4 heterocycles. The zero-order valence-corrected chi connectivity index (χ0v) is 16.4. The van der Waals surface area contributed by atoms with E-state index in [1.54, 1.807) is 0 Å². The Morgan fingerprint density at radius 2 is 1.89 bits per heavy atom. The van der Waals surface area contributed by atoms with Crippen molar-refractivity contribution in [2.24, 2.45) is 23.7 Å². The maximum Gasteiger partial charge on any atom is 0.334 e. The number of hydrogen-bond acceptors (Lipinski definition) is 8. The van der Waals surface area contributed by atoms with E-state index in [1.807, 2.05) is 13.8 Å². The van der Waals surface area contributed by atoms with Crippen LogP contribution in [0.4, 0.5) is 0 Å². The third kappa shape index (κ3) is 3.23. The number of carbonyl (C=O) groups is 2. The number of ether oxygens (including phenoxy) is 4. The van der Waals surface area contributed by atoms with Crippen LogP contribution in [0.3, 0.4) is 0 Å². The van der Waals surface area contributed by atoms with Crippen LogP contribution in [0.25, 0.3) is 0 Å². The van der Waals surface area contributed by atoms with Crippen LogP contribution in [0.1, 0.15) is 46.5 Å². The van der Waals surface area contributed by atoms with Gasteiger partial charge in [0.15, 0.2) is 11.9 Å². The van der Waals surface area contributed by atoms with Gasteiger partial charge in [0.25, 0.3) is 0 Å². The average molecular weight is 400 g/mol. The molecule has 4 saturated heterocycles. The van der Waals surface area contributed by atoms with Crippen molar-refractivity contribution in [1.29, 1.82) is 0 Å². The molecule has 3 unspecified atom stereocenters. The molecule has 0 aromatic carbocycles. The molecule has 9 nitrogen and oxygen atoms in total. The molecule has 28 heavy (non-hydrogen) atoms. The van der Waals surface area contributed by atoms with Gasteiger partial charge < -0.3 is 24.1 Å². The zero-order valence-electron chi connectivity index (χ0n) is 16.4. The van der Waals surface area contributed by atoms with Crippen molar-refractivity contribution in [1.82, 2.24) is 0 Å². The second-order valence-corrected chi connectivity index (χ2v) is 8.65. The summed E-state index contributed by atoms with van der Waals surface area (Å²) in [6.45, 7) is 5.03. The second-order valence-electron chi connectivity index (χ2n) is 8.65. The number of rotatable bonds is 5. The predicted molar refractivity (Wildman–Crippen MR) is 91.4 cm³/mol. The Morgan fingerprint density at radius 3 is 2.64 bits per heavy atom. The molecular formula is C19H28O9. The van der Waals surface area contributed by atoms with Crippen molar-refractivity contribution in [3.63, 3.8) is 0 Å². The lowest BCUT2D eigenvalue weighted by molar-refractivity contribution is -0.576. The predicted octanol–water partition coefficient (Wildman–Crippen LogP) is 1.84. The van der Waals surface area contributed by atoms with Gasteiger partial charge >= 0.3 is 11.9 Å². The molecule has 1 spiro atoms. The van der Waals surface area contributed by atoms with Gasteiger partial charge in [-0.3, -0.25) is 0 Å². The molecule has 1 saturated carbocycles. The number of carboxylic acids is 1. The topological polar surface area (TPSA) is 110 Å². The summed E-state index contributed by atoms with van der Waals surface area (Å²) >= 11 is 0. The Bertz CT molecular complexity index is 639. The molecule has 1 N–H and O–H groups in total. The van der Waals surface area contributed by atoms with Crippen LogP contribution in [0.5, 0.6) is 0 Å². The van der Waals surface area contributed by atoms with Crippen LogP contribution in [0, 0.1) is 23.7 Å². The van der Waals surface area contributed by atoms with Crippen molar-refractivity contribution in [3.05, 3.63) is 0 Å². The summed E-state index contributed by atoms with van der Waals surface area (Å²) < 4.78 is 22.6. The summed E-state index contributed by atoms with van der Waals surface area (Å²) in [6.07, 6.45) is 2.07. The van der Waals surface area contributed by atoms with E-state index in [-0.39, 0.29) is 17.8 Å². The first-order chi connectivity index (χ1) is 13.2. The van der Waals surface area contributed by atoms with E-state index in [0.717, 1.165) is 19.3 Å². The highest BCUT2D eigenvalue weighted by molar-refractivity contribution is 5.72. The molecule has 0 aromatic rings. The van der Waals surface area contributed by atoms with Gasteiger partial charge in [-0.15, -0.1) is 0 Å². The number of aliphatic carboxylic acids is 1. The van der Waals surface area contributed by atoms with Gasteiger partial charge in [0.2, 0.25) is 12.1 Å². The maximum atomic E-state index is 12.1. The van der Waals surface area contributed by atoms with Gasteiger partial charge in [-0.05, 0) is 38.0 Å². The minimum atomic E-state index is -1.15. The van der Waals surface area contributed by atoms with Gasteiger partial charge in [-0.1, -0.05) is 13.8 Å². The van der Waals surface area contributed by atoms with Gasteiger partial charge in [-0.2, -0.15) is 0 Å². The highest BCUT2D eigenvalue weighted by atomic mass is 17.3. The van der Waals surface area contributed by atoms with Gasteiger partial charge in [0, 0.05) is 18.3 Å².